The fraction of sp³-hybridized carbons (Fsp3) is 0.677. The van der Waals surface area contributed by atoms with Crippen LogP contribution >= 0.6 is 0 Å². The monoisotopic (exact) mass is 588 g/mol. The van der Waals surface area contributed by atoms with Crippen molar-refractivity contribution < 1.29 is 52.5 Å². The number of hydrogen-bond acceptors (Lipinski definition) is 11. The maximum Gasteiger partial charge on any atom is 0.330 e. The maximum atomic E-state index is 13.7. The Morgan fingerprint density at radius 2 is 1.57 bits per heavy atom. The molecule has 11 nitrogen and oxygen atoms in total. The van der Waals surface area contributed by atoms with Crippen molar-refractivity contribution in [1.29, 1.82) is 0 Å². The van der Waals surface area contributed by atoms with E-state index in [-0.39, 0.29) is 12.4 Å². The quantitative estimate of drug-likeness (QED) is 0.345. The average molecular weight is 589 g/mol. The van der Waals surface area contributed by atoms with Gasteiger partial charge in [-0.3, -0.25) is 24.0 Å². The van der Waals surface area contributed by atoms with E-state index in [0.717, 1.165) is 0 Å². The lowest BCUT2D eigenvalue weighted by molar-refractivity contribution is -0.291. The molecule has 4 aliphatic rings. The Hall–Kier alpha value is -3.50. The minimum absolute atomic E-state index is 0.103. The summed E-state index contributed by atoms with van der Waals surface area (Å²) in [4.78, 5) is 76.6. The van der Waals surface area contributed by atoms with Crippen LogP contribution in [-0.2, 0) is 52.5 Å². The highest BCUT2D eigenvalue weighted by Gasteiger charge is 2.75. The number of rotatable bonds is 5. The van der Waals surface area contributed by atoms with Crippen LogP contribution in [0.2, 0.25) is 0 Å². The van der Waals surface area contributed by atoms with E-state index >= 15 is 0 Å². The van der Waals surface area contributed by atoms with E-state index in [4.69, 9.17) is 23.7 Å². The van der Waals surface area contributed by atoms with E-state index in [2.05, 4.69) is 0 Å². The number of allylic oxidation sites excluding steroid dienone is 2. The normalized spacial score (nSPS) is 39.6. The third-order valence-electron chi connectivity index (χ3n) is 10.1. The number of carbonyl (C=O) groups is 6. The van der Waals surface area contributed by atoms with Gasteiger partial charge < -0.3 is 23.7 Å². The Morgan fingerprint density at radius 3 is 2.14 bits per heavy atom. The van der Waals surface area contributed by atoms with Crippen LogP contribution in [0.15, 0.2) is 23.8 Å². The van der Waals surface area contributed by atoms with Gasteiger partial charge in [-0.05, 0) is 49.7 Å². The molecule has 1 heterocycles. The Labute approximate surface area is 245 Å². The smallest absolute Gasteiger partial charge is 0.330 e. The summed E-state index contributed by atoms with van der Waals surface area (Å²) in [5, 5.41) is 0. The number of ketones is 1. The first-order chi connectivity index (χ1) is 19.5. The number of carbonyl (C=O) groups excluding carboxylic acids is 6. The molecule has 0 unspecified atom stereocenters. The molecule has 0 spiro atoms. The summed E-state index contributed by atoms with van der Waals surface area (Å²) in [6.07, 6.45) is 1.17. The van der Waals surface area contributed by atoms with Gasteiger partial charge in [-0.2, -0.15) is 0 Å². The third kappa shape index (κ3) is 4.84. The minimum atomic E-state index is -1.38. The van der Waals surface area contributed by atoms with E-state index in [1.165, 1.54) is 33.8 Å². The molecular weight excluding hydrogens is 548 g/mol. The molecule has 3 aliphatic carbocycles. The molecule has 230 valence electrons. The topological polar surface area (TPSA) is 149 Å². The van der Waals surface area contributed by atoms with Gasteiger partial charge in [0.1, 0.15) is 24.9 Å². The molecule has 0 aromatic heterocycles. The Morgan fingerprint density at radius 1 is 0.952 bits per heavy atom. The molecule has 42 heavy (non-hydrogen) atoms. The van der Waals surface area contributed by atoms with Crippen LogP contribution in [0.25, 0.3) is 0 Å². The molecule has 0 radical (unpaired) electrons. The molecule has 4 rings (SSSR count). The van der Waals surface area contributed by atoms with Crippen molar-refractivity contribution in [3.05, 3.63) is 23.8 Å². The standard InChI is InChI=1S/C31H40O11/c1-15-13-23(40-18(4)33)30(8)21(25(15)37)11-12-29(7)22-9-10-24(36)38-14-31(22,16(2)39-17(3)32)28(42-20(6)35)26(27(29)30)41-19(5)34/h9-10,13,16,21-23,26-28H,11-12,14H2,1-8H3/t16-,21+,22-,23+,26-,27-,28-,29-,30+,31+/m0/s1. The number of Topliss-reactive ketones (excluding diaryl/α,β-unsaturated/α-hetero) is 1. The molecule has 0 aromatic rings. The van der Waals surface area contributed by atoms with Gasteiger partial charge in [0.2, 0.25) is 0 Å². The van der Waals surface area contributed by atoms with Crippen LogP contribution in [0.4, 0.5) is 0 Å². The van der Waals surface area contributed by atoms with Crippen molar-refractivity contribution in [3.63, 3.8) is 0 Å². The van der Waals surface area contributed by atoms with Gasteiger partial charge in [0.15, 0.2) is 11.9 Å². The van der Waals surface area contributed by atoms with Crippen LogP contribution in [0.1, 0.15) is 68.2 Å². The summed E-state index contributed by atoms with van der Waals surface area (Å²) in [5.41, 5.74) is -2.89. The van der Waals surface area contributed by atoms with Crippen molar-refractivity contribution in [2.75, 3.05) is 6.61 Å². The second-order valence-corrected chi connectivity index (χ2v) is 12.6. The van der Waals surface area contributed by atoms with Crippen molar-refractivity contribution in [2.45, 2.75) is 92.6 Å². The maximum absolute atomic E-state index is 13.7. The summed E-state index contributed by atoms with van der Waals surface area (Å²) in [7, 11) is 0. The van der Waals surface area contributed by atoms with Crippen LogP contribution in [-0.4, -0.2) is 66.7 Å². The summed E-state index contributed by atoms with van der Waals surface area (Å²) in [6, 6.07) is 0. The Bertz CT molecular complexity index is 1270. The highest BCUT2D eigenvalue weighted by atomic mass is 16.6. The molecule has 11 heteroatoms. The van der Waals surface area contributed by atoms with Gasteiger partial charge in [-0.1, -0.05) is 19.9 Å². The SMILES string of the molecule is CC(=O)O[C@H]1[C@H]2[C@@](C)(CC[C@@H]3C(=O)C(C)=C[C@@H](OC(C)=O)[C@@]32C)[C@@H]2C=CC(=O)OC[C@]2([C@H](C)OC(C)=O)[C@H]1OC(C)=O. The summed E-state index contributed by atoms with van der Waals surface area (Å²) >= 11 is 0. The van der Waals surface area contributed by atoms with Crippen molar-refractivity contribution >= 4 is 35.6 Å². The number of hydrogen-bond donors (Lipinski definition) is 0. The van der Waals surface area contributed by atoms with Crippen LogP contribution < -0.4 is 0 Å². The lowest BCUT2D eigenvalue weighted by atomic mass is 9.37. The molecule has 2 fully saturated rings. The van der Waals surface area contributed by atoms with Crippen LogP contribution in [0.5, 0.6) is 0 Å². The highest BCUT2D eigenvalue weighted by molar-refractivity contribution is 5.98. The lowest BCUT2D eigenvalue weighted by Crippen LogP contribution is -2.75. The molecule has 0 aromatic carbocycles. The Kier molecular flexibility index (Phi) is 8.21. The molecule has 0 amide bonds. The highest BCUT2D eigenvalue weighted by Crippen LogP contribution is 2.70. The first-order valence-corrected chi connectivity index (χ1v) is 14.3. The van der Waals surface area contributed by atoms with E-state index in [0.29, 0.717) is 18.4 Å². The lowest BCUT2D eigenvalue weighted by Gasteiger charge is -2.69. The number of esters is 5. The second-order valence-electron chi connectivity index (χ2n) is 12.6. The number of fused-ring (bicyclic) bond motifs is 5. The first kappa shape index (κ1) is 31.4. The van der Waals surface area contributed by atoms with Crippen molar-refractivity contribution in [1.82, 2.24) is 0 Å². The zero-order chi connectivity index (χ0) is 31.4. The van der Waals surface area contributed by atoms with Crippen molar-refractivity contribution in [3.8, 4) is 0 Å². The fourth-order valence-corrected chi connectivity index (χ4v) is 8.72. The summed E-state index contributed by atoms with van der Waals surface area (Å²) in [5.74, 6) is -5.21. The minimum Gasteiger partial charge on any atom is -0.462 e. The largest absolute Gasteiger partial charge is 0.462 e. The predicted octanol–water partition coefficient (Wildman–Crippen LogP) is 3.03. The number of ether oxygens (including phenoxy) is 5. The van der Waals surface area contributed by atoms with Gasteiger partial charge in [0.25, 0.3) is 0 Å². The zero-order valence-corrected chi connectivity index (χ0v) is 25.4. The van der Waals surface area contributed by atoms with Crippen LogP contribution in [0, 0.1) is 34.0 Å². The molecule has 0 N–H and O–H groups in total. The van der Waals surface area contributed by atoms with E-state index in [1.807, 2.05) is 13.8 Å². The summed E-state index contributed by atoms with van der Waals surface area (Å²) in [6.45, 7) is 11.8. The van der Waals surface area contributed by atoms with Gasteiger partial charge in [0, 0.05) is 51.0 Å². The van der Waals surface area contributed by atoms with Gasteiger partial charge in [-0.25, -0.2) is 4.79 Å². The molecule has 1 aliphatic heterocycles. The molecule has 2 saturated carbocycles. The van der Waals surface area contributed by atoms with Crippen molar-refractivity contribution in [2.24, 2.45) is 34.0 Å². The van der Waals surface area contributed by atoms with E-state index in [1.54, 1.807) is 26.0 Å². The van der Waals surface area contributed by atoms with Gasteiger partial charge in [-0.15, -0.1) is 0 Å². The van der Waals surface area contributed by atoms with E-state index in [9.17, 15) is 28.8 Å². The predicted molar refractivity (Wildman–Crippen MR) is 145 cm³/mol. The fourth-order valence-electron chi connectivity index (χ4n) is 8.72. The average Bonchev–Trinajstić information content (AvgIpc) is 3.04. The van der Waals surface area contributed by atoms with Gasteiger partial charge >= 0.3 is 29.8 Å². The van der Waals surface area contributed by atoms with E-state index < -0.39 is 88.3 Å². The Balaban J connectivity index is 2.09. The third-order valence-corrected chi connectivity index (χ3v) is 10.1. The molecule has 0 bridgehead atoms. The van der Waals surface area contributed by atoms with Crippen LogP contribution in [0.3, 0.4) is 0 Å². The number of cyclic esters (lactones) is 1. The molecule has 0 saturated heterocycles. The zero-order valence-electron chi connectivity index (χ0n) is 25.4. The molecule has 10 atom stereocenters. The first-order valence-electron chi connectivity index (χ1n) is 14.3. The van der Waals surface area contributed by atoms with Gasteiger partial charge in [0.05, 0.1) is 5.41 Å². The molecular formula is C31H40O11. The summed E-state index contributed by atoms with van der Waals surface area (Å²) < 4.78 is 29.3. The second kappa shape index (κ2) is 11.0.